The third-order valence-corrected chi connectivity index (χ3v) is 5.04. The van der Waals surface area contributed by atoms with Crippen LogP contribution >= 0.6 is 0 Å². The summed E-state index contributed by atoms with van der Waals surface area (Å²) in [7, 11) is 0. The quantitative estimate of drug-likeness (QED) is 0.581. The summed E-state index contributed by atoms with van der Waals surface area (Å²) < 4.78 is 37.8. The van der Waals surface area contributed by atoms with Gasteiger partial charge < -0.3 is 9.47 Å². The number of fused-ring (bicyclic) bond motifs is 1. The van der Waals surface area contributed by atoms with Crippen LogP contribution in [0.4, 0.5) is 13.6 Å². The molecule has 0 heterocycles. The lowest BCUT2D eigenvalue weighted by atomic mass is 10.0. The van der Waals surface area contributed by atoms with E-state index < -0.39 is 23.3 Å². The molecule has 0 bridgehead atoms. The van der Waals surface area contributed by atoms with Crippen molar-refractivity contribution in [3.05, 3.63) is 70.3 Å². The number of carbonyl (C=O) groups excluding carboxylic acids is 2. The van der Waals surface area contributed by atoms with Gasteiger partial charge in [0.15, 0.2) is 11.6 Å². The minimum atomic E-state index is -0.965. The summed E-state index contributed by atoms with van der Waals surface area (Å²) in [6, 6.07) is 8.57. The normalized spacial score (nSPS) is 15.4. The van der Waals surface area contributed by atoms with Gasteiger partial charge in [0.2, 0.25) is 0 Å². The Morgan fingerprint density at radius 3 is 2.48 bits per heavy atom. The number of carbonyl (C=O) groups is 2. The van der Waals surface area contributed by atoms with E-state index in [1.54, 1.807) is 39.8 Å². The van der Waals surface area contributed by atoms with E-state index in [0.717, 1.165) is 23.3 Å². The first-order valence-corrected chi connectivity index (χ1v) is 10.3. The van der Waals surface area contributed by atoms with Crippen molar-refractivity contribution in [2.24, 2.45) is 0 Å². The minimum absolute atomic E-state index is 0.0653. The summed E-state index contributed by atoms with van der Waals surface area (Å²) in [5.41, 5.74) is 2.07. The van der Waals surface area contributed by atoms with E-state index in [9.17, 15) is 18.4 Å². The van der Waals surface area contributed by atoms with Crippen molar-refractivity contribution >= 4 is 12.1 Å². The molecule has 5 nitrogen and oxygen atoms in total. The SMILES string of the molecule is CCOC(=O)c1ccc2c(c1)CCC2N(Cc1ccc(F)c(F)c1)C(=O)OC(C)(C)C. The van der Waals surface area contributed by atoms with Crippen LogP contribution in [-0.2, 0) is 22.4 Å². The zero-order valence-corrected chi connectivity index (χ0v) is 18.2. The zero-order chi connectivity index (χ0) is 22.8. The largest absolute Gasteiger partial charge is 0.462 e. The first kappa shape index (κ1) is 22.7. The Bertz CT molecular complexity index is 984. The van der Waals surface area contributed by atoms with Gasteiger partial charge in [-0.1, -0.05) is 12.1 Å². The predicted molar refractivity (Wildman–Crippen MR) is 112 cm³/mol. The van der Waals surface area contributed by atoms with Crippen molar-refractivity contribution in [3.63, 3.8) is 0 Å². The van der Waals surface area contributed by atoms with Crippen molar-refractivity contribution in [2.75, 3.05) is 6.61 Å². The second kappa shape index (κ2) is 9.04. The number of amides is 1. The van der Waals surface area contributed by atoms with Gasteiger partial charge in [-0.2, -0.15) is 0 Å². The van der Waals surface area contributed by atoms with Crippen LogP contribution in [0.2, 0.25) is 0 Å². The lowest BCUT2D eigenvalue weighted by Gasteiger charge is -2.32. The fraction of sp³-hybridized carbons (Fsp3) is 0.417. The van der Waals surface area contributed by atoms with Gasteiger partial charge in [0.25, 0.3) is 0 Å². The molecule has 0 fully saturated rings. The van der Waals surface area contributed by atoms with Crippen LogP contribution < -0.4 is 0 Å². The molecule has 0 radical (unpaired) electrons. The molecule has 1 aliphatic carbocycles. The average molecular weight is 431 g/mol. The Labute approximate surface area is 181 Å². The maximum Gasteiger partial charge on any atom is 0.411 e. The van der Waals surface area contributed by atoms with E-state index in [4.69, 9.17) is 9.47 Å². The lowest BCUT2D eigenvalue weighted by molar-refractivity contribution is 0.0136. The van der Waals surface area contributed by atoms with Gasteiger partial charge in [0.1, 0.15) is 5.60 Å². The Kier molecular flexibility index (Phi) is 6.62. The molecule has 0 saturated heterocycles. The van der Waals surface area contributed by atoms with Gasteiger partial charge in [-0.25, -0.2) is 18.4 Å². The topological polar surface area (TPSA) is 55.8 Å². The van der Waals surface area contributed by atoms with Crippen molar-refractivity contribution in [2.45, 2.75) is 58.7 Å². The second-order valence-electron chi connectivity index (χ2n) is 8.55. The summed E-state index contributed by atoms with van der Waals surface area (Å²) >= 11 is 0. The summed E-state index contributed by atoms with van der Waals surface area (Å²) in [5, 5.41) is 0. The molecular formula is C24H27F2NO4. The van der Waals surface area contributed by atoms with Gasteiger partial charge >= 0.3 is 12.1 Å². The number of esters is 1. The Morgan fingerprint density at radius 2 is 1.84 bits per heavy atom. The number of nitrogens with zero attached hydrogens (tertiary/aromatic N) is 1. The van der Waals surface area contributed by atoms with Gasteiger partial charge in [-0.3, -0.25) is 4.90 Å². The monoisotopic (exact) mass is 431 g/mol. The molecule has 31 heavy (non-hydrogen) atoms. The molecule has 166 valence electrons. The zero-order valence-electron chi connectivity index (χ0n) is 18.2. The highest BCUT2D eigenvalue weighted by Gasteiger charge is 2.34. The molecule has 1 atom stereocenters. The maximum absolute atomic E-state index is 13.7. The molecule has 3 rings (SSSR count). The highest BCUT2D eigenvalue weighted by Crippen LogP contribution is 2.38. The van der Waals surface area contributed by atoms with Crippen LogP contribution in [0.3, 0.4) is 0 Å². The maximum atomic E-state index is 13.7. The first-order chi connectivity index (χ1) is 14.6. The molecule has 0 saturated carbocycles. The van der Waals surface area contributed by atoms with Crippen LogP contribution in [0.5, 0.6) is 0 Å². The van der Waals surface area contributed by atoms with E-state index >= 15 is 0 Å². The number of ether oxygens (including phenoxy) is 2. The highest BCUT2D eigenvalue weighted by molar-refractivity contribution is 5.89. The van der Waals surface area contributed by atoms with Crippen molar-refractivity contribution in [1.82, 2.24) is 4.90 Å². The number of hydrogen-bond acceptors (Lipinski definition) is 4. The van der Waals surface area contributed by atoms with Crippen LogP contribution in [0.15, 0.2) is 36.4 Å². The standard InChI is InChI=1S/C24H27F2NO4/c1-5-30-22(28)17-7-9-18-16(13-17)8-11-21(18)27(23(29)31-24(2,3)4)14-15-6-10-19(25)20(26)12-15/h6-7,9-10,12-13,21H,5,8,11,14H2,1-4H3. The molecule has 0 aliphatic heterocycles. The van der Waals surface area contributed by atoms with Crippen molar-refractivity contribution in [3.8, 4) is 0 Å². The summed E-state index contributed by atoms with van der Waals surface area (Å²) in [4.78, 5) is 26.6. The Morgan fingerprint density at radius 1 is 1.10 bits per heavy atom. The third-order valence-electron chi connectivity index (χ3n) is 5.04. The van der Waals surface area contributed by atoms with Gasteiger partial charge in [0.05, 0.1) is 18.2 Å². The van der Waals surface area contributed by atoms with Gasteiger partial charge in [-0.15, -0.1) is 0 Å². The summed E-state index contributed by atoms with van der Waals surface area (Å²) in [6.45, 7) is 7.42. The molecule has 1 aliphatic rings. The van der Waals surface area contributed by atoms with Crippen molar-refractivity contribution in [1.29, 1.82) is 0 Å². The molecule has 1 amide bonds. The fourth-order valence-electron chi connectivity index (χ4n) is 3.72. The second-order valence-corrected chi connectivity index (χ2v) is 8.55. The van der Waals surface area contributed by atoms with Crippen LogP contribution in [0.25, 0.3) is 0 Å². The molecule has 2 aromatic rings. The highest BCUT2D eigenvalue weighted by atomic mass is 19.2. The minimum Gasteiger partial charge on any atom is -0.462 e. The molecule has 7 heteroatoms. The van der Waals surface area contributed by atoms with E-state index in [0.29, 0.717) is 30.6 Å². The van der Waals surface area contributed by atoms with Gasteiger partial charge in [-0.05, 0) is 81.5 Å². The average Bonchev–Trinajstić information content (AvgIpc) is 3.10. The summed E-state index contributed by atoms with van der Waals surface area (Å²) in [6.07, 6.45) is 0.763. The number of rotatable bonds is 5. The Hall–Kier alpha value is -2.96. The van der Waals surface area contributed by atoms with Crippen LogP contribution in [0.1, 0.15) is 67.2 Å². The number of aryl methyl sites for hydroxylation is 1. The lowest BCUT2D eigenvalue weighted by Crippen LogP contribution is -2.38. The van der Waals surface area contributed by atoms with E-state index in [-0.39, 0.29) is 18.6 Å². The number of benzene rings is 2. The fourth-order valence-corrected chi connectivity index (χ4v) is 3.72. The molecule has 0 spiro atoms. The third kappa shape index (κ3) is 5.40. The van der Waals surface area contributed by atoms with Crippen molar-refractivity contribution < 1.29 is 27.8 Å². The van der Waals surface area contributed by atoms with Gasteiger partial charge in [0, 0.05) is 6.54 Å². The Balaban J connectivity index is 1.92. The molecular weight excluding hydrogens is 404 g/mol. The van der Waals surface area contributed by atoms with Crippen LogP contribution in [-0.4, -0.2) is 29.2 Å². The van der Waals surface area contributed by atoms with E-state index in [1.165, 1.54) is 11.0 Å². The van der Waals surface area contributed by atoms with Crippen LogP contribution in [0, 0.1) is 11.6 Å². The van der Waals surface area contributed by atoms with E-state index in [2.05, 4.69) is 0 Å². The summed E-state index contributed by atoms with van der Waals surface area (Å²) in [5.74, 6) is -2.29. The molecule has 1 unspecified atom stereocenters. The molecule has 2 aromatic carbocycles. The first-order valence-electron chi connectivity index (χ1n) is 10.3. The predicted octanol–water partition coefficient (Wildman–Crippen LogP) is 5.57. The molecule has 0 N–H and O–H groups in total. The number of hydrogen-bond donors (Lipinski definition) is 0. The smallest absolute Gasteiger partial charge is 0.411 e. The van der Waals surface area contributed by atoms with E-state index in [1.807, 2.05) is 6.07 Å². The number of halogens is 2. The molecule has 0 aromatic heterocycles.